The van der Waals surface area contributed by atoms with Gasteiger partial charge in [0.15, 0.2) is 0 Å². The highest BCUT2D eigenvalue weighted by atomic mass is 32.1. The van der Waals surface area contributed by atoms with Gasteiger partial charge >= 0.3 is 0 Å². The normalized spacial score (nSPS) is 23.1. The lowest BCUT2D eigenvalue weighted by atomic mass is 9.83. The number of rotatable bonds is 4. The van der Waals surface area contributed by atoms with Crippen molar-refractivity contribution in [1.29, 1.82) is 0 Å². The molecule has 0 bridgehead atoms. The molecule has 2 rings (SSSR count). The monoisotopic (exact) mass is 210 g/mol. The zero-order chi connectivity index (χ0) is 10.2. The minimum Gasteiger partial charge on any atom is -0.390 e. The summed E-state index contributed by atoms with van der Waals surface area (Å²) in [5.41, 5.74) is -0.277. The molecule has 0 radical (unpaired) electrons. The molecule has 1 unspecified atom stereocenters. The van der Waals surface area contributed by atoms with Crippen molar-refractivity contribution in [2.45, 2.75) is 45.1 Å². The summed E-state index contributed by atoms with van der Waals surface area (Å²) < 4.78 is 0. The molecule has 14 heavy (non-hydrogen) atoms. The Morgan fingerprint density at radius 3 is 2.79 bits per heavy atom. The van der Waals surface area contributed by atoms with E-state index in [1.807, 2.05) is 6.92 Å². The van der Waals surface area contributed by atoms with Crippen LogP contribution < -0.4 is 0 Å². The number of thiophene rings is 1. The molecular formula is C12H18OS. The van der Waals surface area contributed by atoms with Gasteiger partial charge in [-0.05, 0) is 49.5 Å². The SMILES string of the molecule is CC(O)(CCc1cccs1)C1(C)CC1. The molecule has 0 saturated heterocycles. The maximum atomic E-state index is 10.3. The molecule has 0 spiro atoms. The van der Waals surface area contributed by atoms with Gasteiger partial charge in [-0.2, -0.15) is 0 Å². The standard InChI is InChI=1S/C12H18OS/c1-11(7-8-11)12(2,13)6-5-10-4-3-9-14-10/h3-4,9,13H,5-8H2,1-2H3. The van der Waals surface area contributed by atoms with E-state index in [0.29, 0.717) is 0 Å². The van der Waals surface area contributed by atoms with Crippen molar-refractivity contribution in [2.24, 2.45) is 5.41 Å². The Balaban J connectivity index is 1.91. The summed E-state index contributed by atoms with van der Waals surface area (Å²) in [5, 5.41) is 12.4. The Bertz CT molecular complexity index is 296. The van der Waals surface area contributed by atoms with Crippen molar-refractivity contribution in [1.82, 2.24) is 0 Å². The van der Waals surface area contributed by atoms with Gasteiger partial charge in [-0.3, -0.25) is 0 Å². The molecule has 1 atom stereocenters. The predicted octanol–water partition coefficient (Wildman–Crippen LogP) is 3.23. The minimum absolute atomic E-state index is 0.199. The largest absolute Gasteiger partial charge is 0.390 e. The van der Waals surface area contributed by atoms with Crippen LogP contribution in [-0.2, 0) is 6.42 Å². The zero-order valence-electron chi connectivity index (χ0n) is 8.92. The number of hydrogen-bond acceptors (Lipinski definition) is 2. The van der Waals surface area contributed by atoms with E-state index in [0.717, 1.165) is 12.8 Å². The molecule has 0 aliphatic heterocycles. The third-order valence-electron chi connectivity index (χ3n) is 3.74. The Morgan fingerprint density at radius 1 is 1.57 bits per heavy atom. The lowest BCUT2D eigenvalue weighted by Gasteiger charge is -2.30. The average Bonchev–Trinajstić information content (AvgIpc) is 2.69. The molecule has 78 valence electrons. The van der Waals surface area contributed by atoms with Gasteiger partial charge in [-0.15, -0.1) is 11.3 Å². The molecule has 1 saturated carbocycles. The summed E-state index contributed by atoms with van der Waals surface area (Å²) in [5.74, 6) is 0. The van der Waals surface area contributed by atoms with Gasteiger partial charge in [0, 0.05) is 4.88 Å². The molecule has 1 aliphatic rings. The van der Waals surface area contributed by atoms with Crippen molar-refractivity contribution in [3.05, 3.63) is 22.4 Å². The Labute approximate surface area is 89.8 Å². The first-order chi connectivity index (χ1) is 6.54. The highest BCUT2D eigenvalue weighted by Gasteiger charge is 2.51. The van der Waals surface area contributed by atoms with Crippen LogP contribution in [-0.4, -0.2) is 10.7 Å². The van der Waals surface area contributed by atoms with Crippen molar-refractivity contribution in [3.8, 4) is 0 Å². The first-order valence-electron chi connectivity index (χ1n) is 5.28. The molecule has 0 amide bonds. The third kappa shape index (κ3) is 1.86. The Morgan fingerprint density at radius 2 is 2.29 bits per heavy atom. The van der Waals surface area contributed by atoms with E-state index in [4.69, 9.17) is 0 Å². The molecule has 1 heterocycles. The third-order valence-corrected chi connectivity index (χ3v) is 4.67. The van der Waals surface area contributed by atoms with Gasteiger partial charge in [-0.25, -0.2) is 0 Å². The molecule has 1 fully saturated rings. The van der Waals surface area contributed by atoms with Crippen LogP contribution in [0.1, 0.15) is 38.0 Å². The molecule has 1 aromatic heterocycles. The molecule has 1 N–H and O–H groups in total. The van der Waals surface area contributed by atoms with Crippen molar-refractivity contribution in [3.63, 3.8) is 0 Å². The van der Waals surface area contributed by atoms with Crippen molar-refractivity contribution < 1.29 is 5.11 Å². The highest BCUT2D eigenvalue weighted by molar-refractivity contribution is 7.09. The van der Waals surface area contributed by atoms with Crippen LogP contribution >= 0.6 is 11.3 Å². The van der Waals surface area contributed by atoms with Crippen LogP contribution in [0.25, 0.3) is 0 Å². The second kappa shape index (κ2) is 3.35. The van der Waals surface area contributed by atoms with E-state index < -0.39 is 5.60 Å². The van der Waals surface area contributed by atoms with Crippen LogP contribution in [0.3, 0.4) is 0 Å². The number of hydrogen-bond donors (Lipinski definition) is 1. The average molecular weight is 210 g/mol. The zero-order valence-corrected chi connectivity index (χ0v) is 9.73. The van der Waals surface area contributed by atoms with Crippen molar-refractivity contribution >= 4 is 11.3 Å². The lowest BCUT2D eigenvalue weighted by molar-refractivity contribution is -0.0147. The number of aliphatic hydroxyl groups is 1. The van der Waals surface area contributed by atoms with Crippen LogP contribution in [0.5, 0.6) is 0 Å². The summed E-state index contributed by atoms with van der Waals surface area (Å²) >= 11 is 1.78. The highest BCUT2D eigenvalue weighted by Crippen LogP contribution is 2.55. The van der Waals surface area contributed by atoms with Gasteiger partial charge in [0.25, 0.3) is 0 Å². The van der Waals surface area contributed by atoms with Crippen LogP contribution in [0.4, 0.5) is 0 Å². The molecule has 1 aliphatic carbocycles. The fraction of sp³-hybridized carbons (Fsp3) is 0.667. The topological polar surface area (TPSA) is 20.2 Å². The second-order valence-corrected chi connectivity index (χ2v) is 5.95. The molecular weight excluding hydrogens is 192 g/mol. The summed E-state index contributed by atoms with van der Waals surface area (Å²) in [6, 6.07) is 4.23. The van der Waals surface area contributed by atoms with Crippen LogP contribution in [0, 0.1) is 5.41 Å². The lowest BCUT2D eigenvalue weighted by Crippen LogP contribution is -2.34. The molecule has 1 nitrogen and oxygen atoms in total. The van der Waals surface area contributed by atoms with E-state index in [1.54, 1.807) is 11.3 Å². The van der Waals surface area contributed by atoms with Crippen LogP contribution in [0.2, 0.25) is 0 Å². The van der Waals surface area contributed by atoms with E-state index in [-0.39, 0.29) is 5.41 Å². The summed E-state index contributed by atoms with van der Waals surface area (Å²) in [7, 11) is 0. The first kappa shape index (κ1) is 10.2. The van der Waals surface area contributed by atoms with E-state index in [2.05, 4.69) is 24.4 Å². The van der Waals surface area contributed by atoms with Crippen LogP contribution in [0.15, 0.2) is 17.5 Å². The van der Waals surface area contributed by atoms with E-state index >= 15 is 0 Å². The smallest absolute Gasteiger partial charge is 0.0676 e. The fourth-order valence-corrected chi connectivity index (χ4v) is 2.56. The summed E-state index contributed by atoms with van der Waals surface area (Å²) in [6.07, 6.45) is 4.28. The quantitative estimate of drug-likeness (QED) is 0.809. The van der Waals surface area contributed by atoms with Gasteiger partial charge in [0.05, 0.1) is 5.60 Å². The predicted molar refractivity (Wildman–Crippen MR) is 60.6 cm³/mol. The maximum Gasteiger partial charge on any atom is 0.0676 e. The number of aryl methyl sites for hydroxylation is 1. The fourth-order valence-electron chi connectivity index (χ4n) is 1.85. The Hall–Kier alpha value is -0.340. The summed E-state index contributed by atoms with van der Waals surface area (Å²) in [6.45, 7) is 4.19. The van der Waals surface area contributed by atoms with Gasteiger partial charge < -0.3 is 5.11 Å². The second-order valence-electron chi connectivity index (χ2n) is 4.91. The molecule has 2 heteroatoms. The van der Waals surface area contributed by atoms with Crippen molar-refractivity contribution in [2.75, 3.05) is 0 Å². The molecule has 1 aromatic rings. The summed E-state index contributed by atoms with van der Waals surface area (Å²) in [4.78, 5) is 1.38. The Kier molecular flexibility index (Phi) is 2.44. The first-order valence-corrected chi connectivity index (χ1v) is 6.16. The maximum absolute atomic E-state index is 10.3. The van der Waals surface area contributed by atoms with E-state index in [9.17, 15) is 5.11 Å². The van der Waals surface area contributed by atoms with Gasteiger partial charge in [0.1, 0.15) is 0 Å². The van der Waals surface area contributed by atoms with E-state index in [1.165, 1.54) is 17.7 Å². The molecule has 0 aromatic carbocycles. The van der Waals surface area contributed by atoms with Gasteiger partial charge in [0.2, 0.25) is 0 Å². The minimum atomic E-state index is -0.475. The van der Waals surface area contributed by atoms with Gasteiger partial charge in [-0.1, -0.05) is 13.0 Å².